The summed E-state index contributed by atoms with van der Waals surface area (Å²) in [5, 5.41) is 7.85. The van der Waals surface area contributed by atoms with Gasteiger partial charge in [-0.1, -0.05) is 13.3 Å². The summed E-state index contributed by atoms with van der Waals surface area (Å²) in [6.45, 7) is 9.74. The van der Waals surface area contributed by atoms with E-state index in [1.54, 1.807) is 0 Å². The van der Waals surface area contributed by atoms with Gasteiger partial charge in [0, 0.05) is 37.4 Å². The molecule has 1 aromatic rings. The Morgan fingerprint density at radius 1 is 1.39 bits per heavy atom. The Kier molecular flexibility index (Phi) is 5.20. The second kappa shape index (κ2) is 6.90. The molecule has 1 aliphatic rings. The number of nitrogens with one attached hydrogen (secondary N) is 1. The zero-order chi connectivity index (χ0) is 12.8. The predicted octanol–water partition coefficient (Wildman–Crippen LogP) is 1.87. The van der Waals surface area contributed by atoms with Crippen LogP contribution < -0.4 is 5.32 Å². The fourth-order valence-electron chi connectivity index (χ4n) is 2.71. The maximum absolute atomic E-state index is 4.36. The number of aromatic nitrogens is 2. The minimum absolute atomic E-state index is 0.698. The van der Waals surface area contributed by atoms with E-state index in [2.05, 4.69) is 35.4 Å². The third kappa shape index (κ3) is 3.56. The van der Waals surface area contributed by atoms with Crippen molar-refractivity contribution in [3.05, 3.63) is 18.0 Å². The van der Waals surface area contributed by atoms with Crippen molar-refractivity contribution in [2.24, 2.45) is 0 Å². The largest absolute Gasteiger partial charge is 0.315 e. The molecule has 0 bridgehead atoms. The maximum Gasteiger partial charge on any atom is 0.0534 e. The molecule has 1 aromatic heterocycles. The first-order chi connectivity index (χ1) is 8.83. The molecule has 1 saturated heterocycles. The van der Waals surface area contributed by atoms with Gasteiger partial charge in [0.25, 0.3) is 0 Å². The molecule has 0 spiro atoms. The van der Waals surface area contributed by atoms with Gasteiger partial charge < -0.3 is 5.32 Å². The van der Waals surface area contributed by atoms with E-state index in [1.807, 2.05) is 10.9 Å². The maximum atomic E-state index is 4.36. The Morgan fingerprint density at radius 2 is 2.28 bits per heavy atom. The molecule has 0 saturated carbocycles. The van der Waals surface area contributed by atoms with Crippen molar-refractivity contribution in [2.75, 3.05) is 19.6 Å². The molecule has 18 heavy (non-hydrogen) atoms. The first-order valence-corrected chi connectivity index (χ1v) is 7.29. The SMILES string of the molecule is CCNCC1CCCCN1Cc1cnn(CC)c1. The van der Waals surface area contributed by atoms with Crippen molar-refractivity contribution in [2.45, 2.75) is 52.2 Å². The van der Waals surface area contributed by atoms with Gasteiger partial charge in [-0.2, -0.15) is 5.10 Å². The molecule has 102 valence electrons. The summed E-state index contributed by atoms with van der Waals surface area (Å²) in [6.07, 6.45) is 8.24. The molecule has 2 rings (SSSR count). The molecule has 2 heterocycles. The summed E-state index contributed by atoms with van der Waals surface area (Å²) in [5.41, 5.74) is 1.35. The normalized spacial score (nSPS) is 21.3. The van der Waals surface area contributed by atoms with E-state index in [-0.39, 0.29) is 0 Å². The molecule has 1 unspecified atom stereocenters. The Balaban J connectivity index is 1.91. The summed E-state index contributed by atoms with van der Waals surface area (Å²) in [4.78, 5) is 2.61. The number of likely N-dealkylation sites (N-methyl/N-ethyl adjacent to an activating group) is 1. The van der Waals surface area contributed by atoms with Gasteiger partial charge in [0.05, 0.1) is 6.20 Å². The topological polar surface area (TPSA) is 33.1 Å². The smallest absolute Gasteiger partial charge is 0.0534 e. The van der Waals surface area contributed by atoms with Crippen LogP contribution in [0.1, 0.15) is 38.7 Å². The molecule has 4 heteroatoms. The fraction of sp³-hybridized carbons (Fsp3) is 0.786. The average Bonchev–Trinajstić information content (AvgIpc) is 2.85. The lowest BCUT2D eigenvalue weighted by Crippen LogP contribution is -2.44. The number of likely N-dealkylation sites (tertiary alicyclic amines) is 1. The van der Waals surface area contributed by atoms with Crippen molar-refractivity contribution in [3.63, 3.8) is 0 Å². The molecule has 1 fully saturated rings. The minimum atomic E-state index is 0.698. The van der Waals surface area contributed by atoms with Crippen LogP contribution in [0.3, 0.4) is 0 Å². The van der Waals surface area contributed by atoms with Gasteiger partial charge in [0.15, 0.2) is 0 Å². The molecular weight excluding hydrogens is 224 g/mol. The van der Waals surface area contributed by atoms with E-state index in [4.69, 9.17) is 0 Å². The summed E-state index contributed by atoms with van der Waals surface area (Å²) in [5.74, 6) is 0. The zero-order valence-electron chi connectivity index (χ0n) is 11.7. The van der Waals surface area contributed by atoms with E-state index in [1.165, 1.54) is 31.4 Å². The van der Waals surface area contributed by atoms with Crippen LogP contribution in [0.4, 0.5) is 0 Å². The Morgan fingerprint density at radius 3 is 3.00 bits per heavy atom. The molecule has 1 aliphatic heterocycles. The number of rotatable bonds is 6. The van der Waals surface area contributed by atoms with E-state index in [0.717, 1.165) is 26.2 Å². The molecule has 0 amide bonds. The van der Waals surface area contributed by atoms with Crippen molar-refractivity contribution >= 4 is 0 Å². The van der Waals surface area contributed by atoms with Crippen LogP contribution in [0.5, 0.6) is 0 Å². The Hall–Kier alpha value is -0.870. The van der Waals surface area contributed by atoms with E-state index in [9.17, 15) is 0 Å². The van der Waals surface area contributed by atoms with Crippen molar-refractivity contribution in [1.82, 2.24) is 20.0 Å². The minimum Gasteiger partial charge on any atom is -0.315 e. The average molecular weight is 250 g/mol. The quantitative estimate of drug-likeness (QED) is 0.836. The lowest BCUT2D eigenvalue weighted by atomic mass is 10.0. The summed E-state index contributed by atoms with van der Waals surface area (Å²) in [6, 6.07) is 0.698. The monoisotopic (exact) mass is 250 g/mol. The molecule has 1 N–H and O–H groups in total. The highest BCUT2D eigenvalue weighted by atomic mass is 15.3. The second-order valence-corrected chi connectivity index (χ2v) is 5.13. The molecule has 0 radical (unpaired) electrons. The molecule has 0 aliphatic carbocycles. The van der Waals surface area contributed by atoms with Crippen molar-refractivity contribution in [3.8, 4) is 0 Å². The summed E-state index contributed by atoms with van der Waals surface area (Å²) >= 11 is 0. The summed E-state index contributed by atoms with van der Waals surface area (Å²) in [7, 11) is 0. The highest BCUT2D eigenvalue weighted by Gasteiger charge is 2.22. The van der Waals surface area contributed by atoms with Gasteiger partial charge in [-0.25, -0.2) is 0 Å². The van der Waals surface area contributed by atoms with Crippen LogP contribution in [0.2, 0.25) is 0 Å². The van der Waals surface area contributed by atoms with Gasteiger partial charge >= 0.3 is 0 Å². The molecule has 1 atom stereocenters. The number of nitrogens with zero attached hydrogens (tertiary/aromatic N) is 3. The van der Waals surface area contributed by atoms with Crippen LogP contribution in [0.15, 0.2) is 12.4 Å². The Labute approximate surface area is 110 Å². The van der Waals surface area contributed by atoms with Gasteiger partial charge in [-0.15, -0.1) is 0 Å². The van der Waals surface area contributed by atoms with Crippen LogP contribution >= 0.6 is 0 Å². The number of hydrogen-bond donors (Lipinski definition) is 1. The van der Waals surface area contributed by atoms with Crippen LogP contribution in [0.25, 0.3) is 0 Å². The highest BCUT2D eigenvalue weighted by Crippen LogP contribution is 2.19. The molecule has 0 aromatic carbocycles. The third-order valence-electron chi connectivity index (χ3n) is 3.78. The molecular formula is C14H26N4. The van der Waals surface area contributed by atoms with E-state index >= 15 is 0 Å². The number of piperidine rings is 1. The molecule has 4 nitrogen and oxygen atoms in total. The van der Waals surface area contributed by atoms with Crippen molar-refractivity contribution in [1.29, 1.82) is 0 Å². The Bertz CT molecular complexity index is 347. The second-order valence-electron chi connectivity index (χ2n) is 5.13. The lowest BCUT2D eigenvalue weighted by Gasteiger charge is -2.35. The van der Waals surface area contributed by atoms with Crippen LogP contribution in [-0.2, 0) is 13.1 Å². The van der Waals surface area contributed by atoms with Gasteiger partial charge in [-0.3, -0.25) is 9.58 Å². The number of hydrogen-bond acceptors (Lipinski definition) is 3. The van der Waals surface area contributed by atoms with E-state index < -0.39 is 0 Å². The fourth-order valence-corrected chi connectivity index (χ4v) is 2.71. The van der Waals surface area contributed by atoms with Gasteiger partial charge in [-0.05, 0) is 32.9 Å². The van der Waals surface area contributed by atoms with Gasteiger partial charge in [0.2, 0.25) is 0 Å². The standard InChI is InChI=1S/C14H26N4/c1-3-15-10-14-7-5-6-8-17(14)11-13-9-16-18(4-2)12-13/h9,12,14-15H,3-8,10-11H2,1-2H3. The predicted molar refractivity (Wildman–Crippen MR) is 74.5 cm³/mol. The highest BCUT2D eigenvalue weighted by molar-refractivity contribution is 5.04. The summed E-state index contributed by atoms with van der Waals surface area (Å²) < 4.78 is 2.01. The zero-order valence-corrected chi connectivity index (χ0v) is 11.7. The van der Waals surface area contributed by atoms with Crippen LogP contribution in [0, 0.1) is 0 Å². The third-order valence-corrected chi connectivity index (χ3v) is 3.78. The lowest BCUT2D eigenvalue weighted by molar-refractivity contribution is 0.138. The van der Waals surface area contributed by atoms with Gasteiger partial charge in [0.1, 0.15) is 0 Å². The first kappa shape index (κ1) is 13.6. The van der Waals surface area contributed by atoms with E-state index in [0.29, 0.717) is 6.04 Å². The first-order valence-electron chi connectivity index (χ1n) is 7.29. The van der Waals surface area contributed by atoms with Crippen molar-refractivity contribution < 1.29 is 0 Å². The number of aryl methyl sites for hydroxylation is 1. The van der Waals surface area contributed by atoms with Crippen LogP contribution in [-0.4, -0.2) is 40.4 Å².